The molecule has 0 aliphatic carbocycles. The van der Waals surface area contributed by atoms with Crippen LogP contribution in [0.1, 0.15) is 44.7 Å². The van der Waals surface area contributed by atoms with Crippen molar-refractivity contribution >= 4 is 23.9 Å². The first-order valence-electron chi connectivity index (χ1n) is 6.01. The lowest BCUT2D eigenvalue weighted by Crippen LogP contribution is -2.26. The Labute approximate surface area is 126 Å². The molecule has 1 aromatic rings. The summed E-state index contributed by atoms with van der Waals surface area (Å²) in [5.41, 5.74) is 0.455. The zero-order valence-electron chi connectivity index (χ0n) is 11.3. The molecule has 0 heterocycles. The summed E-state index contributed by atoms with van der Waals surface area (Å²) in [7, 11) is 0. The number of alkyl halides is 3. The maximum Gasteiger partial charge on any atom is 0.395 e. The monoisotopic (exact) mass is 325 g/mol. The van der Waals surface area contributed by atoms with Crippen LogP contribution in [0, 0.1) is 6.92 Å². The lowest BCUT2D eigenvalue weighted by molar-refractivity contribution is -0.146. The second-order valence-corrected chi connectivity index (χ2v) is 4.94. The smallest absolute Gasteiger partial charge is 0.274 e. The van der Waals surface area contributed by atoms with Gasteiger partial charge in [-0.3, -0.25) is 4.79 Å². The standard InChI is InChI=1S/C13H15F4NOS.CH4/c1-4-12(19)18(20-17)11-6-5-8(2)7-10(11)9(3)13(14,15)16;/h5-7,9H,4H2,1-3H3;1H4. The first-order chi connectivity index (χ1) is 9.22. The molecule has 0 bridgehead atoms. The molecule has 0 saturated heterocycles. The quantitative estimate of drug-likeness (QED) is 0.532. The Morgan fingerprint density at radius 2 is 1.95 bits per heavy atom. The minimum atomic E-state index is -4.45. The van der Waals surface area contributed by atoms with E-state index in [-0.39, 0.29) is 37.4 Å². The van der Waals surface area contributed by atoms with Gasteiger partial charge in [0.05, 0.1) is 11.6 Å². The van der Waals surface area contributed by atoms with Crippen LogP contribution in [-0.2, 0) is 4.79 Å². The fourth-order valence-corrected chi connectivity index (χ4v) is 2.18. The zero-order valence-corrected chi connectivity index (χ0v) is 12.1. The van der Waals surface area contributed by atoms with Gasteiger partial charge in [-0.15, -0.1) is 3.89 Å². The first-order valence-corrected chi connectivity index (χ1v) is 6.68. The highest BCUT2D eigenvalue weighted by Crippen LogP contribution is 2.41. The third kappa shape index (κ3) is 4.62. The van der Waals surface area contributed by atoms with Crippen LogP contribution in [0.4, 0.5) is 22.7 Å². The van der Waals surface area contributed by atoms with Crippen molar-refractivity contribution in [3.63, 3.8) is 0 Å². The summed E-state index contributed by atoms with van der Waals surface area (Å²) in [6, 6.07) is 4.22. The van der Waals surface area contributed by atoms with Crippen LogP contribution >= 0.6 is 12.3 Å². The normalized spacial score (nSPS) is 12.5. The SMILES string of the molecule is C.CCC(=O)N(SF)c1ccc(C)cc1C(C)C(F)(F)F. The van der Waals surface area contributed by atoms with E-state index in [0.717, 1.165) is 6.92 Å². The molecular weight excluding hydrogens is 306 g/mol. The molecule has 0 radical (unpaired) electrons. The molecule has 120 valence electrons. The predicted molar refractivity (Wildman–Crippen MR) is 78.9 cm³/mol. The van der Waals surface area contributed by atoms with Crippen molar-refractivity contribution in [1.82, 2.24) is 0 Å². The molecule has 0 aliphatic rings. The van der Waals surface area contributed by atoms with Crippen molar-refractivity contribution < 1.29 is 21.9 Å². The average molecular weight is 325 g/mol. The summed E-state index contributed by atoms with van der Waals surface area (Å²) in [4.78, 5) is 11.6. The number of carbonyl (C=O) groups excluding carboxylic acids is 1. The fourth-order valence-electron chi connectivity index (χ4n) is 1.74. The summed E-state index contributed by atoms with van der Waals surface area (Å²) in [6.45, 7) is 4.16. The molecular formula is C14H19F4NOS. The summed E-state index contributed by atoms with van der Waals surface area (Å²) < 4.78 is 52.3. The van der Waals surface area contributed by atoms with Crippen LogP contribution in [0.25, 0.3) is 0 Å². The molecule has 0 spiro atoms. The number of nitrogens with zero attached hydrogens (tertiary/aromatic N) is 1. The van der Waals surface area contributed by atoms with Crippen LogP contribution in [0.5, 0.6) is 0 Å². The van der Waals surface area contributed by atoms with E-state index in [4.69, 9.17) is 0 Å². The molecule has 0 N–H and O–H groups in total. The van der Waals surface area contributed by atoms with E-state index < -0.39 is 18.0 Å². The predicted octanol–water partition coefficient (Wildman–Crippen LogP) is 5.57. The molecule has 7 heteroatoms. The van der Waals surface area contributed by atoms with E-state index in [1.807, 2.05) is 0 Å². The Morgan fingerprint density at radius 1 is 1.38 bits per heavy atom. The molecule has 1 rings (SSSR count). The minimum Gasteiger partial charge on any atom is -0.274 e. The Hall–Kier alpha value is -1.24. The van der Waals surface area contributed by atoms with E-state index in [2.05, 4.69) is 0 Å². The number of amides is 1. The van der Waals surface area contributed by atoms with Gasteiger partial charge in [-0.1, -0.05) is 32.0 Å². The molecule has 2 nitrogen and oxygen atoms in total. The Bertz CT molecular complexity index is 490. The summed E-state index contributed by atoms with van der Waals surface area (Å²) in [6.07, 6.45) is -4.45. The number of hydrogen-bond donors (Lipinski definition) is 0. The topological polar surface area (TPSA) is 20.3 Å². The van der Waals surface area contributed by atoms with Crippen molar-refractivity contribution in [2.75, 3.05) is 4.31 Å². The third-order valence-corrected chi connectivity index (χ3v) is 3.50. The maximum atomic E-state index is 13.0. The van der Waals surface area contributed by atoms with Gasteiger partial charge in [0.2, 0.25) is 5.91 Å². The van der Waals surface area contributed by atoms with E-state index in [9.17, 15) is 21.9 Å². The van der Waals surface area contributed by atoms with Gasteiger partial charge in [0.15, 0.2) is 12.3 Å². The Kier molecular flexibility index (Phi) is 7.23. The number of hydrogen-bond acceptors (Lipinski definition) is 2. The fraction of sp³-hybridized carbons (Fsp3) is 0.500. The molecule has 1 atom stereocenters. The Morgan fingerprint density at radius 3 is 2.38 bits per heavy atom. The van der Waals surface area contributed by atoms with Crippen LogP contribution in [0.3, 0.4) is 0 Å². The molecule has 1 aromatic carbocycles. The van der Waals surface area contributed by atoms with Gasteiger partial charge in [-0.05, 0) is 25.5 Å². The van der Waals surface area contributed by atoms with Gasteiger partial charge >= 0.3 is 6.18 Å². The number of anilines is 1. The maximum absolute atomic E-state index is 13.0. The van der Waals surface area contributed by atoms with E-state index in [0.29, 0.717) is 9.87 Å². The van der Waals surface area contributed by atoms with E-state index in [1.54, 1.807) is 13.0 Å². The molecule has 0 fully saturated rings. The highest BCUT2D eigenvalue weighted by molar-refractivity contribution is 7.96. The van der Waals surface area contributed by atoms with Gasteiger partial charge in [0.25, 0.3) is 0 Å². The summed E-state index contributed by atoms with van der Waals surface area (Å²) >= 11 is -0.380. The second-order valence-electron chi connectivity index (χ2n) is 4.44. The lowest BCUT2D eigenvalue weighted by atomic mass is 9.96. The van der Waals surface area contributed by atoms with Crippen LogP contribution < -0.4 is 4.31 Å². The van der Waals surface area contributed by atoms with Gasteiger partial charge < -0.3 is 0 Å². The Balaban J connectivity index is 0.00000400. The van der Waals surface area contributed by atoms with Crippen molar-refractivity contribution in [2.45, 2.75) is 46.7 Å². The highest BCUT2D eigenvalue weighted by Gasteiger charge is 2.39. The second kappa shape index (κ2) is 7.68. The number of halogens is 4. The molecule has 1 unspecified atom stereocenters. The molecule has 0 aromatic heterocycles. The molecule has 1 amide bonds. The number of aryl methyl sites for hydroxylation is 1. The van der Waals surface area contributed by atoms with Crippen LogP contribution in [0.2, 0.25) is 0 Å². The molecule has 21 heavy (non-hydrogen) atoms. The van der Waals surface area contributed by atoms with E-state index >= 15 is 0 Å². The van der Waals surface area contributed by atoms with E-state index in [1.165, 1.54) is 19.1 Å². The highest BCUT2D eigenvalue weighted by atomic mass is 32.2. The van der Waals surface area contributed by atoms with Gasteiger partial charge in [-0.25, -0.2) is 4.31 Å². The van der Waals surface area contributed by atoms with Crippen molar-refractivity contribution in [3.8, 4) is 0 Å². The molecule has 0 saturated carbocycles. The number of carbonyl (C=O) groups is 1. The first kappa shape index (κ1) is 19.8. The average Bonchev–Trinajstić information content (AvgIpc) is 2.38. The molecule has 0 aliphatic heterocycles. The van der Waals surface area contributed by atoms with Crippen molar-refractivity contribution in [3.05, 3.63) is 29.3 Å². The largest absolute Gasteiger partial charge is 0.395 e. The number of rotatable bonds is 4. The summed E-state index contributed by atoms with van der Waals surface area (Å²) in [5.74, 6) is -2.37. The zero-order chi connectivity index (χ0) is 15.5. The minimum absolute atomic E-state index is 0. The van der Waals surface area contributed by atoms with Gasteiger partial charge in [-0.2, -0.15) is 13.2 Å². The van der Waals surface area contributed by atoms with Crippen LogP contribution in [-0.4, -0.2) is 12.1 Å². The lowest BCUT2D eigenvalue weighted by Gasteiger charge is -2.24. The van der Waals surface area contributed by atoms with Crippen molar-refractivity contribution in [1.29, 1.82) is 0 Å². The van der Waals surface area contributed by atoms with Crippen molar-refractivity contribution in [2.24, 2.45) is 0 Å². The number of benzene rings is 1. The summed E-state index contributed by atoms with van der Waals surface area (Å²) in [5, 5.41) is 0. The van der Waals surface area contributed by atoms with Gasteiger partial charge in [0, 0.05) is 6.42 Å². The third-order valence-electron chi connectivity index (χ3n) is 2.96. The van der Waals surface area contributed by atoms with Crippen LogP contribution in [0.15, 0.2) is 18.2 Å². The van der Waals surface area contributed by atoms with Gasteiger partial charge in [0.1, 0.15) is 0 Å².